The summed E-state index contributed by atoms with van der Waals surface area (Å²) in [6.45, 7) is 0. The number of carbonyl (C=O) groups excluding carboxylic acids is 1. The molecule has 36 heavy (non-hydrogen) atoms. The van der Waals surface area contributed by atoms with Crippen molar-refractivity contribution in [1.29, 1.82) is 0 Å². The van der Waals surface area contributed by atoms with Gasteiger partial charge < -0.3 is 29.4 Å². The Kier molecular flexibility index (Phi) is 9.00. The lowest BCUT2D eigenvalue weighted by atomic mass is 10.0. The molecule has 7 heteroatoms. The van der Waals surface area contributed by atoms with Crippen molar-refractivity contribution < 1.29 is 28.5 Å². The number of nitrogen functional groups attached to an aromatic ring is 1. The van der Waals surface area contributed by atoms with Gasteiger partial charge in [0.05, 0.1) is 35.5 Å². The van der Waals surface area contributed by atoms with Gasteiger partial charge in [-0.05, 0) is 65.6 Å². The number of para-hydroxylation sites is 1. The van der Waals surface area contributed by atoms with Crippen molar-refractivity contribution in [3.05, 3.63) is 82.9 Å². The van der Waals surface area contributed by atoms with Gasteiger partial charge in [0.15, 0.2) is 28.8 Å². The van der Waals surface area contributed by atoms with E-state index in [1.807, 2.05) is 42.5 Å². The average molecular weight is 490 g/mol. The van der Waals surface area contributed by atoms with E-state index >= 15 is 0 Å². The Labute approximate surface area is 211 Å². The van der Waals surface area contributed by atoms with Crippen molar-refractivity contribution in [1.82, 2.24) is 0 Å². The van der Waals surface area contributed by atoms with E-state index in [9.17, 15) is 4.79 Å². The Morgan fingerprint density at radius 1 is 0.778 bits per heavy atom. The van der Waals surface area contributed by atoms with Crippen LogP contribution in [0.3, 0.4) is 0 Å². The minimum absolute atomic E-state index is 0.150. The molecule has 0 bridgehead atoms. The van der Waals surface area contributed by atoms with Crippen molar-refractivity contribution in [2.75, 3.05) is 41.3 Å². The third-order valence-corrected chi connectivity index (χ3v) is 5.62. The van der Waals surface area contributed by atoms with Gasteiger partial charge in [-0.2, -0.15) is 0 Å². The zero-order chi connectivity index (χ0) is 26.1. The van der Waals surface area contributed by atoms with E-state index in [-0.39, 0.29) is 5.78 Å². The van der Waals surface area contributed by atoms with Crippen LogP contribution in [0.25, 0.3) is 12.2 Å². The van der Waals surface area contributed by atoms with Crippen molar-refractivity contribution in [2.24, 2.45) is 0 Å². The Bertz CT molecular complexity index is 1250. The molecular weight excluding hydrogens is 458 g/mol. The molecule has 3 aromatic carbocycles. The van der Waals surface area contributed by atoms with Crippen LogP contribution in [0.2, 0.25) is 0 Å². The fraction of sp³-hybridized carbons (Fsp3) is 0.207. The number of hydrogen-bond acceptors (Lipinski definition) is 7. The molecule has 0 amide bonds. The number of rotatable bonds is 11. The molecule has 0 fully saturated rings. The van der Waals surface area contributed by atoms with Gasteiger partial charge in [-0.3, -0.25) is 4.79 Å². The molecule has 0 saturated carbocycles. The summed E-state index contributed by atoms with van der Waals surface area (Å²) in [5, 5.41) is 0. The first-order valence-corrected chi connectivity index (χ1v) is 11.2. The summed E-state index contributed by atoms with van der Waals surface area (Å²) in [6.07, 6.45) is 7.74. The van der Waals surface area contributed by atoms with Crippen LogP contribution >= 0.6 is 0 Å². The van der Waals surface area contributed by atoms with Crippen molar-refractivity contribution in [3.63, 3.8) is 0 Å². The van der Waals surface area contributed by atoms with Gasteiger partial charge in [-0.15, -0.1) is 0 Å². The molecule has 2 N–H and O–H groups in total. The standard InChI is InChI=1S/C29H31NO6/c1-32-25-17-20(9-8-12-24(31)22-10-6-7-11-23(22)30)21(18-26(25)33-2)14-13-19-15-27(34-3)29(36-5)28(16-19)35-4/h6-8,10-18H,9,30H2,1-5H3/b12-8-,14-13-. The average Bonchev–Trinajstić information content (AvgIpc) is 2.91. The van der Waals surface area contributed by atoms with E-state index in [2.05, 4.69) is 0 Å². The molecule has 0 atom stereocenters. The van der Waals surface area contributed by atoms with E-state index in [4.69, 9.17) is 29.4 Å². The quantitative estimate of drug-likeness (QED) is 0.165. The number of allylic oxidation sites excluding steroid dienone is 2. The van der Waals surface area contributed by atoms with Gasteiger partial charge in [0, 0.05) is 11.3 Å². The molecule has 0 heterocycles. The van der Waals surface area contributed by atoms with Gasteiger partial charge in [-0.25, -0.2) is 0 Å². The summed E-state index contributed by atoms with van der Waals surface area (Å²) in [4.78, 5) is 12.6. The van der Waals surface area contributed by atoms with Gasteiger partial charge in [0.25, 0.3) is 0 Å². The lowest BCUT2D eigenvalue weighted by molar-refractivity contribution is 0.104. The summed E-state index contributed by atoms with van der Waals surface area (Å²) < 4.78 is 27.3. The van der Waals surface area contributed by atoms with E-state index in [1.54, 1.807) is 59.8 Å². The highest BCUT2D eigenvalue weighted by molar-refractivity contribution is 6.08. The van der Waals surface area contributed by atoms with Crippen LogP contribution in [0.1, 0.15) is 27.0 Å². The fourth-order valence-corrected chi connectivity index (χ4v) is 3.76. The van der Waals surface area contributed by atoms with Crippen molar-refractivity contribution in [2.45, 2.75) is 6.42 Å². The van der Waals surface area contributed by atoms with E-state index in [0.29, 0.717) is 46.4 Å². The maximum absolute atomic E-state index is 12.6. The highest BCUT2D eigenvalue weighted by atomic mass is 16.5. The summed E-state index contributed by atoms with van der Waals surface area (Å²) in [6, 6.07) is 14.5. The lowest BCUT2D eigenvalue weighted by Gasteiger charge is -2.14. The summed E-state index contributed by atoms with van der Waals surface area (Å²) in [5.74, 6) is 2.70. The topological polar surface area (TPSA) is 89.2 Å². The predicted octanol–water partition coefficient (Wildman–Crippen LogP) is 5.46. The van der Waals surface area contributed by atoms with Crippen molar-refractivity contribution >= 4 is 23.6 Å². The first-order chi connectivity index (χ1) is 17.4. The molecule has 0 aliphatic rings. The molecule has 0 aromatic heterocycles. The number of nitrogens with two attached hydrogens (primary N) is 1. The monoisotopic (exact) mass is 489 g/mol. The molecule has 3 rings (SSSR count). The van der Waals surface area contributed by atoms with E-state index < -0.39 is 0 Å². The van der Waals surface area contributed by atoms with Crippen LogP contribution in [0.4, 0.5) is 5.69 Å². The zero-order valence-corrected chi connectivity index (χ0v) is 21.2. The van der Waals surface area contributed by atoms with Crippen LogP contribution in [-0.4, -0.2) is 41.3 Å². The summed E-state index contributed by atoms with van der Waals surface area (Å²) in [5.41, 5.74) is 9.56. The number of ketones is 1. The minimum atomic E-state index is -0.150. The van der Waals surface area contributed by atoms with E-state index in [1.165, 1.54) is 6.08 Å². The van der Waals surface area contributed by atoms with Crippen molar-refractivity contribution in [3.8, 4) is 28.7 Å². The maximum atomic E-state index is 12.6. The lowest BCUT2D eigenvalue weighted by Crippen LogP contribution is -2.00. The minimum Gasteiger partial charge on any atom is -0.493 e. The van der Waals surface area contributed by atoms with Crippen LogP contribution in [0, 0.1) is 0 Å². The highest BCUT2D eigenvalue weighted by Crippen LogP contribution is 2.39. The molecular formula is C29H31NO6. The molecule has 3 aromatic rings. The number of carbonyl (C=O) groups is 1. The predicted molar refractivity (Wildman–Crippen MR) is 143 cm³/mol. The fourth-order valence-electron chi connectivity index (χ4n) is 3.76. The van der Waals surface area contributed by atoms with Gasteiger partial charge in [-0.1, -0.05) is 30.4 Å². The number of ether oxygens (including phenoxy) is 5. The smallest absolute Gasteiger partial charge is 0.203 e. The molecule has 7 nitrogen and oxygen atoms in total. The molecule has 0 unspecified atom stereocenters. The van der Waals surface area contributed by atoms with Crippen LogP contribution in [0.15, 0.2) is 60.7 Å². The molecule has 188 valence electrons. The second-order valence-electron chi connectivity index (χ2n) is 7.76. The Balaban J connectivity index is 1.95. The normalized spacial score (nSPS) is 11.0. The third kappa shape index (κ3) is 5.99. The zero-order valence-electron chi connectivity index (χ0n) is 21.2. The molecule has 0 saturated heterocycles. The van der Waals surface area contributed by atoms with Crippen LogP contribution in [-0.2, 0) is 6.42 Å². The second-order valence-corrected chi connectivity index (χ2v) is 7.76. The Morgan fingerprint density at radius 3 is 1.97 bits per heavy atom. The SMILES string of the molecule is COc1cc(/C=C\c2cc(OC)c(OC)c(OC)c2)c(C/C=C\C(=O)c2ccccc2N)cc1OC. The maximum Gasteiger partial charge on any atom is 0.203 e. The van der Waals surface area contributed by atoms with Crippen LogP contribution in [0.5, 0.6) is 28.7 Å². The first-order valence-electron chi connectivity index (χ1n) is 11.2. The third-order valence-electron chi connectivity index (χ3n) is 5.62. The van der Waals surface area contributed by atoms with E-state index in [0.717, 1.165) is 16.7 Å². The second kappa shape index (κ2) is 12.4. The number of anilines is 1. The Hall–Kier alpha value is -4.39. The molecule has 0 aliphatic carbocycles. The molecule has 0 aliphatic heterocycles. The first kappa shape index (κ1) is 26.2. The highest BCUT2D eigenvalue weighted by Gasteiger charge is 2.13. The largest absolute Gasteiger partial charge is 0.493 e. The molecule has 0 spiro atoms. The number of hydrogen-bond donors (Lipinski definition) is 1. The van der Waals surface area contributed by atoms with Gasteiger partial charge >= 0.3 is 0 Å². The number of benzene rings is 3. The van der Waals surface area contributed by atoms with Gasteiger partial charge in [0.2, 0.25) is 5.75 Å². The van der Waals surface area contributed by atoms with Crippen LogP contribution < -0.4 is 29.4 Å². The Morgan fingerprint density at radius 2 is 1.39 bits per heavy atom. The summed E-state index contributed by atoms with van der Waals surface area (Å²) >= 11 is 0. The van der Waals surface area contributed by atoms with Gasteiger partial charge in [0.1, 0.15) is 0 Å². The summed E-state index contributed by atoms with van der Waals surface area (Å²) in [7, 11) is 7.90. The molecule has 0 radical (unpaired) electrons. The number of methoxy groups -OCH3 is 5.